The molecule has 2 aromatic rings. The molecule has 0 unspecified atom stereocenters. The molecular formula is C10H11ClN4. The molecule has 0 aliphatic carbocycles. The molecule has 0 bridgehead atoms. The molecule has 2 N–H and O–H groups in total. The monoisotopic (exact) mass is 222 g/mol. The first-order valence-electron chi connectivity index (χ1n) is 4.56. The first-order chi connectivity index (χ1) is 7.16. The van der Waals surface area contributed by atoms with E-state index >= 15 is 0 Å². The molecule has 0 radical (unpaired) electrons. The molecule has 2 aromatic heterocycles. The Morgan fingerprint density at radius 3 is 2.93 bits per heavy atom. The lowest BCUT2D eigenvalue weighted by Gasteiger charge is -2.03. The Kier molecular flexibility index (Phi) is 2.60. The van der Waals surface area contributed by atoms with Gasteiger partial charge in [0.2, 0.25) is 0 Å². The van der Waals surface area contributed by atoms with E-state index in [9.17, 15) is 0 Å². The summed E-state index contributed by atoms with van der Waals surface area (Å²) in [6.07, 6.45) is 3.45. The molecule has 78 valence electrons. The van der Waals surface area contributed by atoms with Gasteiger partial charge in [-0.15, -0.1) is 0 Å². The van der Waals surface area contributed by atoms with Crippen molar-refractivity contribution >= 4 is 17.4 Å². The van der Waals surface area contributed by atoms with Crippen LogP contribution in [0.3, 0.4) is 0 Å². The number of hydrogen-bond acceptors (Lipinski definition) is 3. The number of halogens is 1. The zero-order valence-corrected chi connectivity index (χ0v) is 9.07. The van der Waals surface area contributed by atoms with Crippen LogP contribution in [-0.2, 0) is 6.54 Å². The molecule has 2 rings (SSSR count). The summed E-state index contributed by atoms with van der Waals surface area (Å²) >= 11 is 5.91. The number of hydrogen-bond donors (Lipinski definition) is 1. The normalized spacial score (nSPS) is 10.5. The van der Waals surface area contributed by atoms with Crippen molar-refractivity contribution in [3.05, 3.63) is 40.8 Å². The van der Waals surface area contributed by atoms with Crippen LogP contribution in [-0.4, -0.2) is 14.8 Å². The minimum atomic E-state index is 0.529. The third-order valence-electron chi connectivity index (χ3n) is 2.14. The van der Waals surface area contributed by atoms with Gasteiger partial charge in [0.05, 0.1) is 17.3 Å². The van der Waals surface area contributed by atoms with E-state index in [1.807, 2.05) is 19.1 Å². The highest BCUT2D eigenvalue weighted by molar-refractivity contribution is 6.31. The molecule has 0 saturated heterocycles. The van der Waals surface area contributed by atoms with E-state index in [-0.39, 0.29) is 0 Å². The summed E-state index contributed by atoms with van der Waals surface area (Å²) < 4.78 is 1.76. The SMILES string of the molecule is Cc1nn(Cc2cccnc2N)cc1Cl. The molecule has 0 spiro atoms. The van der Waals surface area contributed by atoms with Crippen LogP contribution in [0.1, 0.15) is 11.3 Å². The summed E-state index contributed by atoms with van der Waals surface area (Å²) in [5.41, 5.74) is 7.49. The molecule has 0 saturated carbocycles. The van der Waals surface area contributed by atoms with E-state index in [1.54, 1.807) is 17.1 Å². The van der Waals surface area contributed by atoms with Crippen molar-refractivity contribution in [2.75, 3.05) is 5.73 Å². The first-order valence-corrected chi connectivity index (χ1v) is 4.93. The Bertz CT molecular complexity index is 459. The van der Waals surface area contributed by atoms with Gasteiger partial charge in [-0.05, 0) is 13.0 Å². The van der Waals surface area contributed by atoms with Crippen molar-refractivity contribution in [1.29, 1.82) is 0 Å². The van der Waals surface area contributed by atoms with E-state index in [4.69, 9.17) is 17.3 Å². The van der Waals surface area contributed by atoms with Gasteiger partial charge < -0.3 is 5.73 Å². The van der Waals surface area contributed by atoms with Crippen LogP contribution < -0.4 is 5.73 Å². The summed E-state index contributed by atoms with van der Waals surface area (Å²) in [5, 5.41) is 4.91. The summed E-state index contributed by atoms with van der Waals surface area (Å²) in [6.45, 7) is 2.46. The van der Waals surface area contributed by atoms with Gasteiger partial charge in [0.15, 0.2) is 0 Å². The highest BCUT2D eigenvalue weighted by Gasteiger charge is 2.04. The lowest BCUT2D eigenvalue weighted by atomic mass is 10.2. The minimum absolute atomic E-state index is 0.529. The zero-order valence-electron chi connectivity index (χ0n) is 8.31. The predicted molar refractivity (Wildman–Crippen MR) is 59.7 cm³/mol. The van der Waals surface area contributed by atoms with Crippen molar-refractivity contribution in [2.24, 2.45) is 0 Å². The van der Waals surface area contributed by atoms with Crippen LogP contribution in [0.5, 0.6) is 0 Å². The third-order valence-corrected chi connectivity index (χ3v) is 2.52. The molecule has 0 aromatic carbocycles. The molecule has 2 heterocycles. The van der Waals surface area contributed by atoms with E-state index < -0.39 is 0 Å². The smallest absolute Gasteiger partial charge is 0.128 e. The van der Waals surface area contributed by atoms with Gasteiger partial charge in [-0.25, -0.2) is 4.98 Å². The fourth-order valence-electron chi connectivity index (χ4n) is 1.33. The highest BCUT2D eigenvalue weighted by Crippen LogP contribution is 2.14. The summed E-state index contributed by atoms with van der Waals surface area (Å²) in [6, 6.07) is 3.77. The lowest BCUT2D eigenvalue weighted by molar-refractivity contribution is 0.679. The van der Waals surface area contributed by atoms with Gasteiger partial charge in [0, 0.05) is 18.0 Å². The topological polar surface area (TPSA) is 56.7 Å². The van der Waals surface area contributed by atoms with Gasteiger partial charge in [-0.3, -0.25) is 4.68 Å². The Labute approximate surface area is 92.7 Å². The van der Waals surface area contributed by atoms with E-state index in [2.05, 4.69) is 10.1 Å². The Hall–Kier alpha value is -1.55. The molecule has 0 aliphatic heterocycles. The van der Waals surface area contributed by atoms with Crippen LogP contribution in [0.4, 0.5) is 5.82 Å². The average Bonchev–Trinajstić information content (AvgIpc) is 2.50. The second kappa shape index (κ2) is 3.90. The van der Waals surface area contributed by atoms with Gasteiger partial charge in [-0.2, -0.15) is 5.10 Å². The number of nitrogens with two attached hydrogens (primary N) is 1. The molecule has 5 heteroatoms. The van der Waals surface area contributed by atoms with Crippen molar-refractivity contribution in [3.8, 4) is 0 Å². The number of nitrogen functional groups attached to an aromatic ring is 1. The predicted octanol–water partition coefficient (Wildman–Crippen LogP) is 1.87. The number of anilines is 1. The van der Waals surface area contributed by atoms with Gasteiger partial charge in [0.1, 0.15) is 5.82 Å². The van der Waals surface area contributed by atoms with Crippen LogP contribution >= 0.6 is 11.6 Å². The summed E-state index contributed by atoms with van der Waals surface area (Å²) in [7, 11) is 0. The maximum absolute atomic E-state index is 5.91. The maximum Gasteiger partial charge on any atom is 0.128 e. The largest absolute Gasteiger partial charge is 0.383 e. The molecule has 0 fully saturated rings. The fourth-order valence-corrected chi connectivity index (χ4v) is 1.48. The van der Waals surface area contributed by atoms with Gasteiger partial charge in [0.25, 0.3) is 0 Å². The van der Waals surface area contributed by atoms with Gasteiger partial charge in [-0.1, -0.05) is 17.7 Å². The molecule has 15 heavy (non-hydrogen) atoms. The second-order valence-electron chi connectivity index (χ2n) is 3.31. The third kappa shape index (κ3) is 2.10. The minimum Gasteiger partial charge on any atom is -0.383 e. The number of aryl methyl sites for hydroxylation is 1. The maximum atomic E-state index is 5.91. The van der Waals surface area contributed by atoms with Crippen LogP contribution in [0.25, 0.3) is 0 Å². The highest BCUT2D eigenvalue weighted by atomic mass is 35.5. The van der Waals surface area contributed by atoms with Crippen molar-refractivity contribution < 1.29 is 0 Å². The Balaban J connectivity index is 2.26. The van der Waals surface area contributed by atoms with Crippen molar-refractivity contribution in [1.82, 2.24) is 14.8 Å². The van der Waals surface area contributed by atoms with Crippen LogP contribution in [0.2, 0.25) is 5.02 Å². The fraction of sp³-hybridized carbons (Fsp3) is 0.200. The molecule has 0 aliphatic rings. The van der Waals surface area contributed by atoms with E-state index in [1.165, 1.54) is 0 Å². The quantitative estimate of drug-likeness (QED) is 0.844. The van der Waals surface area contributed by atoms with Crippen LogP contribution in [0.15, 0.2) is 24.5 Å². The molecule has 0 atom stereocenters. The number of aromatic nitrogens is 3. The average molecular weight is 223 g/mol. The van der Waals surface area contributed by atoms with Gasteiger partial charge >= 0.3 is 0 Å². The molecule has 4 nitrogen and oxygen atoms in total. The first kappa shape index (κ1) is 9.98. The lowest BCUT2D eigenvalue weighted by Crippen LogP contribution is -2.04. The standard InChI is InChI=1S/C10H11ClN4/c1-7-9(11)6-15(14-7)5-8-3-2-4-13-10(8)12/h2-4,6H,5H2,1H3,(H2,12,13). The van der Waals surface area contributed by atoms with Crippen molar-refractivity contribution in [2.45, 2.75) is 13.5 Å². The van der Waals surface area contributed by atoms with Crippen LogP contribution in [0, 0.1) is 6.92 Å². The zero-order chi connectivity index (χ0) is 10.8. The Morgan fingerprint density at radius 2 is 2.33 bits per heavy atom. The number of rotatable bonds is 2. The van der Waals surface area contributed by atoms with E-state index in [0.717, 1.165) is 11.3 Å². The van der Waals surface area contributed by atoms with Crippen molar-refractivity contribution in [3.63, 3.8) is 0 Å². The summed E-state index contributed by atoms with van der Waals surface area (Å²) in [4.78, 5) is 4.01. The van der Waals surface area contributed by atoms with E-state index in [0.29, 0.717) is 17.4 Å². The molecule has 0 amide bonds. The number of pyridine rings is 1. The summed E-state index contributed by atoms with van der Waals surface area (Å²) in [5.74, 6) is 0.529. The second-order valence-corrected chi connectivity index (χ2v) is 3.71. The Morgan fingerprint density at radius 1 is 1.53 bits per heavy atom. The number of nitrogens with zero attached hydrogens (tertiary/aromatic N) is 3. The molecular weight excluding hydrogens is 212 g/mol.